The molecule has 0 radical (unpaired) electrons. The summed E-state index contributed by atoms with van der Waals surface area (Å²) in [4.78, 5) is 4.39. The lowest BCUT2D eigenvalue weighted by molar-refractivity contribution is 0.597. The van der Waals surface area contributed by atoms with Crippen LogP contribution in [-0.4, -0.2) is 32.9 Å². The highest BCUT2D eigenvalue weighted by Crippen LogP contribution is 2.21. The molecule has 0 amide bonds. The fraction of sp³-hybridized carbons (Fsp3) is 0.538. The molecule has 2 rings (SSSR count). The van der Waals surface area contributed by atoms with Gasteiger partial charge >= 0.3 is 0 Å². The molecule has 0 aliphatic heterocycles. The van der Waals surface area contributed by atoms with E-state index < -0.39 is 0 Å². The summed E-state index contributed by atoms with van der Waals surface area (Å²) in [5, 5.41) is 8.30. The van der Waals surface area contributed by atoms with E-state index in [4.69, 9.17) is 11.6 Å². The van der Waals surface area contributed by atoms with Crippen molar-refractivity contribution in [3.63, 3.8) is 0 Å². The van der Waals surface area contributed by atoms with E-state index in [0.29, 0.717) is 6.54 Å². The van der Waals surface area contributed by atoms with E-state index in [9.17, 15) is 0 Å². The van der Waals surface area contributed by atoms with E-state index in [1.54, 1.807) is 0 Å². The minimum Gasteiger partial charge on any atom is -0.331 e. The Morgan fingerprint density at radius 1 is 1.42 bits per heavy atom. The molecule has 19 heavy (non-hydrogen) atoms. The van der Waals surface area contributed by atoms with Gasteiger partial charge < -0.3 is 9.88 Å². The highest BCUT2D eigenvalue weighted by atomic mass is 35.5. The van der Waals surface area contributed by atoms with Gasteiger partial charge in [-0.25, -0.2) is 4.98 Å². The van der Waals surface area contributed by atoms with Crippen LogP contribution in [0.1, 0.15) is 24.0 Å². The molecule has 2 aromatic rings. The second-order valence-corrected chi connectivity index (χ2v) is 4.93. The Bertz CT molecular complexity index is 543. The normalized spacial score (nSPS) is 11.2. The molecule has 0 aliphatic rings. The maximum Gasteiger partial charge on any atom is 0.0953 e. The number of aryl methyl sites for hydroxylation is 2. The molecule has 6 heteroatoms. The van der Waals surface area contributed by atoms with Crippen molar-refractivity contribution in [2.45, 2.75) is 33.4 Å². The summed E-state index contributed by atoms with van der Waals surface area (Å²) in [5.74, 6) is 0. The van der Waals surface area contributed by atoms with Gasteiger partial charge in [-0.15, -0.1) is 0 Å². The zero-order chi connectivity index (χ0) is 13.8. The molecule has 5 nitrogen and oxygen atoms in total. The standard InChI is InChI=1S/C13H20ClN5/c1-4-19-12(13(14)10(2)17-19)8-18-7-11(16-9-18)5-6-15-3/h7,9,15H,4-6,8H2,1-3H3. The Morgan fingerprint density at radius 2 is 2.21 bits per heavy atom. The summed E-state index contributed by atoms with van der Waals surface area (Å²) in [6.45, 7) is 6.47. The molecule has 0 aliphatic carbocycles. The van der Waals surface area contributed by atoms with Crippen molar-refractivity contribution >= 4 is 11.6 Å². The average molecular weight is 282 g/mol. The lowest BCUT2D eigenvalue weighted by atomic mass is 10.3. The number of nitrogens with zero attached hydrogens (tertiary/aromatic N) is 4. The van der Waals surface area contributed by atoms with Gasteiger partial charge in [0.05, 0.1) is 35.0 Å². The molecule has 0 spiro atoms. The Labute approximate surface area is 118 Å². The maximum absolute atomic E-state index is 6.31. The largest absolute Gasteiger partial charge is 0.331 e. The van der Waals surface area contributed by atoms with Crippen LogP contribution in [0.2, 0.25) is 5.02 Å². The Balaban J connectivity index is 2.14. The molecule has 0 atom stereocenters. The topological polar surface area (TPSA) is 47.7 Å². The zero-order valence-corrected chi connectivity index (χ0v) is 12.4. The molecule has 0 saturated heterocycles. The Hall–Kier alpha value is -1.33. The monoisotopic (exact) mass is 281 g/mol. The van der Waals surface area contributed by atoms with Crippen molar-refractivity contribution < 1.29 is 0 Å². The first-order chi connectivity index (χ1) is 9.15. The van der Waals surface area contributed by atoms with E-state index in [1.165, 1.54) is 0 Å². The zero-order valence-electron chi connectivity index (χ0n) is 11.6. The molecule has 0 fully saturated rings. The molecule has 0 aromatic carbocycles. The van der Waals surface area contributed by atoms with Gasteiger partial charge in [-0.2, -0.15) is 5.10 Å². The smallest absolute Gasteiger partial charge is 0.0953 e. The van der Waals surface area contributed by atoms with E-state index in [2.05, 4.69) is 33.1 Å². The molecule has 1 N–H and O–H groups in total. The van der Waals surface area contributed by atoms with E-state index in [-0.39, 0.29) is 0 Å². The third-order valence-corrected chi connectivity index (χ3v) is 3.59. The fourth-order valence-electron chi connectivity index (χ4n) is 2.07. The third kappa shape index (κ3) is 3.16. The SMILES string of the molecule is CCn1nc(C)c(Cl)c1Cn1cnc(CCNC)c1. The van der Waals surface area contributed by atoms with E-state index in [0.717, 1.165) is 41.6 Å². The molecule has 2 heterocycles. The predicted octanol–water partition coefficient (Wildman–Crippen LogP) is 1.87. The first kappa shape index (κ1) is 14.1. The van der Waals surface area contributed by atoms with Crippen molar-refractivity contribution in [1.82, 2.24) is 24.6 Å². The van der Waals surface area contributed by atoms with Gasteiger partial charge in [-0.05, 0) is 20.9 Å². The third-order valence-electron chi connectivity index (χ3n) is 3.10. The number of aromatic nitrogens is 4. The molecule has 0 saturated carbocycles. The first-order valence-electron chi connectivity index (χ1n) is 6.52. The van der Waals surface area contributed by atoms with Gasteiger partial charge in [0.2, 0.25) is 0 Å². The van der Waals surface area contributed by atoms with Gasteiger partial charge in [0, 0.05) is 25.7 Å². The summed E-state index contributed by atoms with van der Waals surface area (Å²) < 4.78 is 4.00. The second-order valence-electron chi connectivity index (χ2n) is 4.55. The highest BCUT2D eigenvalue weighted by molar-refractivity contribution is 6.31. The van der Waals surface area contributed by atoms with Crippen molar-refractivity contribution in [3.8, 4) is 0 Å². The number of nitrogens with one attached hydrogen (secondary N) is 1. The van der Waals surface area contributed by atoms with Crippen LogP contribution in [0.15, 0.2) is 12.5 Å². The summed E-state index contributed by atoms with van der Waals surface area (Å²) in [5.41, 5.74) is 3.01. The first-order valence-corrected chi connectivity index (χ1v) is 6.90. The van der Waals surface area contributed by atoms with Crippen LogP contribution >= 0.6 is 11.6 Å². The van der Waals surface area contributed by atoms with Crippen molar-refractivity contribution in [3.05, 3.63) is 34.6 Å². The van der Waals surface area contributed by atoms with Crippen LogP contribution in [0.3, 0.4) is 0 Å². The summed E-state index contributed by atoms with van der Waals surface area (Å²) >= 11 is 6.31. The number of imidazole rings is 1. The van der Waals surface area contributed by atoms with Gasteiger partial charge in [0.25, 0.3) is 0 Å². The van der Waals surface area contributed by atoms with Gasteiger partial charge in [0.1, 0.15) is 0 Å². The number of hydrogen-bond donors (Lipinski definition) is 1. The number of halogens is 1. The van der Waals surface area contributed by atoms with Crippen molar-refractivity contribution in [2.75, 3.05) is 13.6 Å². The van der Waals surface area contributed by atoms with Crippen LogP contribution in [0.4, 0.5) is 0 Å². The molecule has 2 aromatic heterocycles. The quantitative estimate of drug-likeness (QED) is 0.879. The Morgan fingerprint density at radius 3 is 2.89 bits per heavy atom. The molecular weight excluding hydrogens is 262 g/mol. The highest BCUT2D eigenvalue weighted by Gasteiger charge is 2.13. The average Bonchev–Trinajstić information content (AvgIpc) is 2.96. The van der Waals surface area contributed by atoms with Crippen molar-refractivity contribution in [2.24, 2.45) is 0 Å². The molecule has 0 unspecified atom stereocenters. The minimum absolute atomic E-state index is 0.708. The van der Waals surface area contributed by atoms with Gasteiger partial charge in [-0.3, -0.25) is 4.68 Å². The van der Waals surface area contributed by atoms with E-state index >= 15 is 0 Å². The number of rotatable bonds is 6. The fourth-order valence-corrected chi connectivity index (χ4v) is 2.26. The molecular formula is C13H20ClN5. The predicted molar refractivity (Wildman–Crippen MR) is 76.6 cm³/mol. The summed E-state index contributed by atoms with van der Waals surface area (Å²) in [6.07, 6.45) is 4.85. The lowest BCUT2D eigenvalue weighted by Crippen LogP contribution is -2.10. The molecule has 104 valence electrons. The second kappa shape index (κ2) is 6.21. The Kier molecular flexibility index (Phi) is 4.61. The van der Waals surface area contributed by atoms with Crippen LogP contribution in [0.25, 0.3) is 0 Å². The van der Waals surface area contributed by atoms with Crippen LogP contribution in [0, 0.1) is 6.92 Å². The summed E-state index contributed by atoms with van der Waals surface area (Å²) in [7, 11) is 1.94. The molecule has 0 bridgehead atoms. The van der Waals surface area contributed by atoms with E-state index in [1.807, 2.05) is 25.0 Å². The lowest BCUT2D eigenvalue weighted by Gasteiger charge is -2.05. The van der Waals surface area contributed by atoms with Crippen LogP contribution in [0.5, 0.6) is 0 Å². The van der Waals surface area contributed by atoms with Crippen LogP contribution < -0.4 is 5.32 Å². The van der Waals surface area contributed by atoms with Gasteiger partial charge in [0.15, 0.2) is 0 Å². The van der Waals surface area contributed by atoms with Crippen LogP contribution in [-0.2, 0) is 19.5 Å². The minimum atomic E-state index is 0.708. The number of likely N-dealkylation sites (N-methyl/N-ethyl adjacent to an activating group) is 1. The maximum atomic E-state index is 6.31. The van der Waals surface area contributed by atoms with Gasteiger partial charge in [-0.1, -0.05) is 11.6 Å². The number of hydrogen-bond acceptors (Lipinski definition) is 3. The van der Waals surface area contributed by atoms with Crippen molar-refractivity contribution in [1.29, 1.82) is 0 Å². The summed E-state index contributed by atoms with van der Waals surface area (Å²) in [6, 6.07) is 0.